The van der Waals surface area contributed by atoms with Crippen molar-refractivity contribution in [2.75, 3.05) is 6.54 Å². The molecule has 0 amide bonds. The van der Waals surface area contributed by atoms with Gasteiger partial charge in [-0.2, -0.15) is 0 Å². The first-order valence-corrected chi connectivity index (χ1v) is 7.00. The number of nitrogens with one attached hydrogen (secondary N) is 1. The summed E-state index contributed by atoms with van der Waals surface area (Å²) in [7, 11) is 0. The smallest absolute Gasteiger partial charge is 0.306 e. The van der Waals surface area contributed by atoms with Crippen LogP contribution in [0.1, 0.15) is 24.5 Å². The molecule has 2 aromatic carbocycles. The lowest BCUT2D eigenvalue weighted by Crippen LogP contribution is -2.20. The zero-order valence-corrected chi connectivity index (χ0v) is 12.0. The van der Waals surface area contributed by atoms with E-state index in [0.29, 0.717) is 6.42 Å². The highest BCUT2D eigenvalue weighted by atomic mass is 16.4. The summed E-state index contributed by atoms with van der Waals surface area (Å²) in [6.45, 7) is 5.35. The second-order valence-electron chi connectivity index (χ2n) is 5.29. The predicted octanol–water partition coefficient (Wildman–Crippen LogP) is 3.35. The molecule has 106 valence electrons. The van der Waals surface area contributed by atoms with E-state index in [2.05, 4.69) is 48.6 Å². The first-order chi connectivity index (χ1) is 9.59. The normalized spacial score (nSPS) is 12.5. The molecule has 20 heavy (non-hydrogen) atoms. The van der Waals surface area contributed by atoms with Crippen molar-refractivity contribution in [3.8, 4) is 0 Å². The highest BCUT2D eigenvalue weighted by Gasteiger charge is 2.09. The second-order valence-corrected chi connectivity index (χ2v) is 5.29. The second kappa shape index (κ2) is 6.53. The molecule has 0 heterocycles. The van der Waals surface area contributed by atoms with Crippen LogP contribution < -0.4 is 5.32 Å². The largest absolute Gasteiger partial charge is 0.481 e. The van der Waals surface area contributed by atoms with Crippen molar-refractivity contribution >= 4 is 16.7 Å². The van der Waals surface area contributed by atoms with Crippen LogP contribution in [0.4, 0.5) is 0 Å². The van der Waals surface area contributed by atoms with Crippen LogP contribution in [0.5, 0.6) is 0 Å². The molecule has 0 aromatic heterocycles. The van der Waals surface area contributed by atoms with Crippen molar-refractivity contribution in [1.29, 1.82) is 0 Å². The summed E-state index contributed by atoms with van der Waals surface area (Å²) >= 11 is 0. The Kier molecular flexibility index (Phi) is 4.74. The Morgan fingerprint density at radius 2 is 1.90 bits per heavy atom. The van der Waals surface area contributed by atoms with Crippen LogP contribution in [0.3, 0.4) is 0 Å². The van der Waals surface area contributed by atoms with Gasteiger partial charge in [0.05, 0.1) is 5.92 Å². The SMILES string of the molecule is Cc1ccc(CNCCC(C)C(=O)O)c2ccccc12. The monoisotopic (exact) mass is 271 g/mol. The maximum absolute atomic E-state index is 10.7. The minimum Gasteiger partial charge on any atom is -0.481 e. The number of carboxylic acids is 1. The molecule has 0 saturated carbocycles. The standard InChI is InChI=1S/C17H21NO2/c1-12-7-8-14(16-6-4-3-5-15(12)16)11-18-10-9-13(2)17(19)20/h3-8,13,18H,9-11H2,1-2H3,(H,19,20). The third kappa shape index (κ3) is 3.36. The fourth-order valence-electron chi connectivity index (χ4n) is 2.33. The molecule has 1 unspecified atom stereocenters. The highest BCUT2D eigenvalue weighted by Crippen LogP contribution is 2.22. The summed E-state index contributed by atoms with van der Waals surface area (Å²) in [6, 6.07) is 12.7. The van der Waals surface area contributed by atoms with Crippen molar-refractivity contribution in [1.82, 2.24) is 5.32 Å². The number of hydrogen-bond donors (Lipinski definition) is 2. The Morgan fingerprint density at radius 3 is 2.60 bits per heavy atom. The minimum absolute atomic E-state index is 0.294. The Balaban J connectivity index is 2.00. The molecule has 0 saturated heterocycles. The number of hydrogen-bond acceptors (Lipinski definition) is 2. The zero-order valence-electron chi connectivity index (χ0n) is 12.0. The van der Waals surface area contributed by atoms with Gasteiger partial charge in [-0.25, -0.2) is 0 Å². The molecule has 0 aliphatic heterocycles. The summed E-state index contributed by atoms with van der Waals surface area (Å²) in [5, 5.41) is 14.7. The van der Waals surface area contributed by atoms with Crippen molar-refractivity contribution in [3.05, 3.63) is 47.5 Å². The van der Waals surface area contributed by atoms with Gasteiger partial charge in [0.1, 0.15) is 0 Å². The van der Waals surface area contributed by atoms with Crippen molar-refractivity contribution in [2.45, 2.75) is 26.8 Å². The summed E-state index contributed by atoms with van der Waals surface area (Å²) in [5.74, 6) is -1.02. The lowest BCUT2D eigenvalue weighted by Gasteiger charge is -2.11. The van der Waals surface area contributed by atoms with Gasteiger partial charge in [-0.05, 0) is 41.8 Å². The third-order valence-corrected chi connectivity index (χ3v) is 3.72. The summed E-state index contributed by atoms with van der Waals surface area (Å²) in [4.78, 5) is 10.7. The van der Waals surface area contributed by atoms with Crippen LogP contribution in [0.2, 0.25) is 0 Å². The summed E-state index contributed by atoms with van der Waals surface area (Å²) < 4.78 is 0. The van der Waals surface area contributed by atoms with Crippen molar-refractivity contribution < 1.29 is 9.90 Å². The summed E-state index contributed by atoms with van der Waals surface area (Å²) in [5.41, 5.74) is 2.54. The van der Waals surface area contributed by atoms with Crippen LogP contribution in [-0.4, -0.2) is 17.6 Å². The van der Waals surface area contributed by atoms with Crippen molar-refractivity contribution in [2.24, 2.45) is 5.92 Å². The number of carbonyl (C=O) groups is 1. The summed E-state index contributed by atoms with van der Waals surface area (Å²) in [6.07, 6.45) is 0.652. The van der Waals surface area contributed by atoms with Gasteiger partial charge >= 0.3 is 5.97 Å². The molecule has 0 bridgehead atoms. The van der Waals surface area contributed by atoms with Gasteiger partial charge in [-0.1, -0.05) is 43.3 Å². The number of aryl methyl sites for hydroxylation is 1. The average Bonchev–Trinajstić information content (AvgIpc) is 2.45. The van der Waals surface area contributed by atoms with E-state index in [1.165, 1.54) is 21.9 Å². The van der Waals surface area contributed by atoms with E-state index < -0.39 is 5.97 Å². The van der Waals surface area contributed by atoms with E-state index in [1.54, 1.807) is 6.92 Å². The Bertz CT molecular complexity index is 607. The zero-order chi connectivity index (χ0) is 14.5. The van der Waals surface area contributed by atoms with E-state index in [9.17, 15) is 4.79 Å². The minimum atomic E-state index is -0.729. The fourth-order valence-corrected chi connectivity index (χ4v) is 2.33. The number of benzene rings is 2. The topological polar surface area (TPSA) is 49.3 Å². The van der Waals surface area contributed by atoms with E-state index in [1.807, 2.05) is 0 Å². The van der Waals surface area contributed by atoms with Gasteiger partial charge < -0.3 is 10.4 Å². The molecule has 2 rings (SSSR count). The van der Waals surface area contributed by atoms with E-state index >= 15 is 0 Å². The number of aliphatic carboxylic acids is 1. The molecule has 0 fully saturated rings. The molecule has 3 nitrogen and oxygen atoms in total. The van der Waals surface area contributed by atoms with E-state index in [-0.39, 0.29) is 5.92 Å². The number of rotatable bonds is 6. The molecule has 3 heteroatoms. The molecular formula is C17H21NO2. The molecule has 0 aliphatic carbocycles. The Morgan fingerprint density at radius 1 is 1.20 bits per heavy atom. The van der Waals surface area contributed by atoms with Gasteiger partial charge in [0, 0.05) is 6.54 Å². The number of fused-ring (bicyclic) bond motifs is 1. The first-order valence-electron chi connectivity index (χ1n) is 7.00. The lowest BCUT2D eigenvalue weighted by molar-refractivity contribution is -0.141. The molecular weight excluding hydrogens is 250 g/mol. The average molecular weight is 271 g/mol. The van der Waals surface area contributed by atoms with Crippen LogP contribution in [0, 0.1) is 12.8 Å². The Labute approximate surface area is 119 Å². The van der Waals surface area contributed by atoms with Crippen LogP contribution in [0.15, 0.2) is 36.4 Å². The third-order valence-electron chi connectivity index (χ3n) is 3.72. The molecule has 2 aromatic rings. The first kappa shape index (κ1) is 14.5. The maximum atomic E-state index is 10.7. The van der Waals surface area contributed by atoms with Crippen LogP contribution in [0.25, 0.3) is 10.8 Å². The highest BCUT2D eigenvalue weighted by molar-refractivity contribution is 5.88. The maximum Gasteiger partial charge on any atom is 0.306 e. The number of carboxylic acid groups (broad SMARTS) is 1. The van der Waals surface area contributed by atoms with Gasteiger partial charge in [0.25, 0.3) is 0 Å². The molecule has 0 radical (unpaired) electrons. The van der Waals surface area contributed by atoms with E-state index in [0.717, 1.165) is 13.1 Å². The van der Waals surface area contributed by atoms with Crippen molar-refractivity contribution in [3.63, 3.8) is 0 Å². The Hall–Kier alpha value is -1.87. The van der Waals surface area contributed by atoms with E-state index in [4.69, 9.17) is 5.11 Å². The van der Waals surface area contributed by atoms with Gasteiger partial charge in [0.15, 0.2) is 0 Å². The molecule has 2 N–H and O–H groups in total. The molecule has 0 aliphatic rings. The van der Waals surface area contributed by atoms with Crippen LogP contribution in [-0.2, 0) is 11.3 Å². The van der Waals surface area contributed by atoms with Gasteiger partial charge in [-0.15, -0.1) is 0 Å². The lowest BCUT2D eigenvalue weighted by atomic mass is 10.0. The van der Waals surface area contributed by atoms with Crippen LogP contribution >= 0.6 is 0 Å². The van der Waals surface area contributed by atoms with Gasteiger partial charge in [-0.3, -0.25) is 4.79 Å². The van der Waals surface area contributed by atoms with Gasteiger partial charge in [0.2, 0.25) is 0 Å². The fraction of sp³-hybridized carbons (Fsp3) is 0.353. The quantitative estimate of drug-likeness (QED) is 0.792. The molecule has 0 spiro atoms. The molecule has 1 atom stereocenters. The predicted molar refractivity (Wildman–Crippen MR) is 81.8 cm³/mol.